The van der Waals surface area contributed by atoms with Gasteiger partial charge in [-0.3, -0.25) is 14.7 Å². The van der Waals surface area contributed by atoms with E-state index in [2.05, 4.69) is 30.1 Å². The highest BCUT2D eigenvalue weighted by Gasteiger charge is 2.32. The highest BCUT2D eigenvalue weighted by atomic mass is 19.4. The molecule has 4 rings (SSSR count). The molecule has 1 saturated heterocycles. The number of hydrogen-bond donors (Lipinski definition) is 1. The molecule has 1 fully saturated rings. The lowest BCUT2D eigenvalue weighted by Gasteiger charge is -2.35. The number of anilines is 1. The maximum Gasteiger partial charge on any atom is 0.433 e. The Balaban J connectivity index is 1.33. The Morgan fingerprint density at radius 3 is 2.58 bits per heavy atom. The average molecular weight is 430 g/mol. The summed E-state index contributed by atoms with van der Waals surface area (Å²) in [7, 11) is 0. The molecular weight excluding hydrogens is 409 g/mol. The third kappa shape index (κ3) is 4.91. The summed E-state index contributed by atoms with van der Waals surface area (Å²) in [5.74, 6) is 0.487. The molecule has 0 atom stereocenters. The molecule has 0 aromatic carbocycles. The summed E-state index contributed by atoms with van der Waals surface area (Å²) in [5, 5.41) is 3.49. The van der Waals surface area contributed by atoms with E-state index >= 15 is 0 Å². The largest absolute Gasteiger partial charge is 0.433 e. The van der Waals surface area contributed by atoms with Gasteiger partial charge in [0.1, 0.15) is 11.5 Å². The second-order valence-electron chi connectivity index (χ2n) is 7.22. The quantitative estimate of drug-likeness (QED) is 0.671. The molecular formula is C21H21F3N6O. The molecule has 0 spiro atoms. The first-order chi connectivity index (χ1) is 14.9. The zero-order chi connectivity index (χ0) is 21.8. The van der Waals surface area contributed by atoms with E-state index in [1.165, 1.54) is 24.5 Å². The minimum Gasteiger partial charge on any atom is -0.353 e. The molecule has 0 bridgehead atoms. The number of pyridine rings is 3. The lowest BCUT2D eigenvalue weighted by Crippen LogP contribution is -2.48. The second kappa shape index (κ2) is 8.84. The van der Waals surface area contributed by atoms with Crippen molar-refractivity contribution in [1.82, 2.24) is 25.2 Å². The molecule has 1 amide bonds. The van der Waals surface area contributed by atoms with E-state index < -0.39 is 11.9 Å². The van der Waals surface area contributed by atoms with E-state index in [0.29, 0.717) is 42.9 Å². The molecule has 1 N–H and O–H groups in total. The van der Waals surface area contributed by atoms with Crippen molar-refractivity contribution in [2.24, 2.45) is 0 Å². The first-order valence-corrected chi connectivity index (χ1v) is 9.90. The Morgan fingerprint density at radius 2 is 1.87 bits per heavy atom. The van der Waals surface area contributed by atoms with Crippen LogP contribution in [0.4, 0.5) is 19.0 Å². The number of nitrogens with one attached hydrogen (secondary N) is 1. The number of amides is 1. The molecule has 162 valence electrons. The topological polar surface area (TPSA) is 74.2 Å². The van der Waals surface area contributed by atoms with Gasteiger partial charge in [-0.05, 0) is 30.3 Å². The normalized spacial score (nSPS) is 15.3. The number of carbonyl (C=O) groups is 1. The standard InChI is InChI=1S/C21H21F3N6O/c22-21(23,24)18-4-3-16-17(28-18)5-7-26-19(16)30-12-10-29(11-13-30)9-8-27-20(31)15-2-1-6-25-14-15/h1-7,14H,8-13H2,(H,27,31). The van der Waals surface area contributed by atoms with E-state index in [4.69, 9.17) is 0 Å². The van der Waals surface area contributed by atoms with Crippen molar-refractivity contribution in [1.29, 1.82) is 0 Å². The van der Waals surface area contributed by atoms with E-state index in [1.54, 1.807) is 18.3 Å². The number of aromatic nitrogens is 3. The molecule has 3 aromatic heterocycles. The summed E-state index contributed by atoms with van der Waals surface area (Å²) in [6.07, 6.45) is 0.158. The molecule has 7 nitrogen and oxygen atoms in total. The zero-order valence-electron chi connectivity index (χ0n) is 16.6. The van der Waals surface area contributed by atoms with Crippen molar-refractivity contribution >= 4 is 22.6 Å². The van der Waals surface area contributed by atoms with Gasteiger partial charge in [0.15, 0.2) is 0 Å². The number of fused-ring (bicyclic) bond motifs is 1. The molecule has 1 aliphatic rings. The van der Waals surface area contributed by atoms with Crippen LogP contribution in [0.5, 0.6) is 0 Å². The zero-order valence-corrected chi connectivity index (χ0v) is 16.6. The highest BCUT2D eigenvalue weighted by Crippen LogP contribution is 2.31. The van der Waals surface area contributed by atoms with Gasteiger partial charge in [-0.15, -0.1) is 0 Å². The van der Waals surface area contributed by atoms with Gasteiger partial charge in [0, 0.05) is 63.2 Å². The SMILES string of the molecule is O=C(NCCN1CCN(c2nccc3nc(C(F)(F)F)ccc23)CC1)c1cccnc1. The first kappa shape index (κ1) is 21.0. The summed E-state index contributed by atoms with van der Waals surface area (Å²) in [4.78, 5) is 28.4. The van der Waals surface area contributed by atoms with Crippen LogP contribution in [-0.2, 0) is 6.18 Å². The van der Waals surface area contributed by atoms with E-state index in [1.807, 2.05) is 0 Å². The Bertz CT molecular complexity index is 1050. The maximum atomic E-state index is 12.9. The number of hydrogen-bond acceptors (Lipinski definition) is 6. The van der Waals surface area contributed by atoms with Crippen LogP contribution in [0.1, 0.15) is 16.1 Å². The highest BCUT2D eigenvalue weighted by molar-refractivity contribution is 5.93. The predicted molar refractivity (Wildman–Crippen MR) is 110 cm³/mol. The van der Waals surface area contributed by atoms with Crippen molar-refractivity contribution in [2.75, 3.05) is 44.2 Å². The molecule has 1 aliphatic heterocycles. The minimum atomic E-state index is -4.48. The van der Waals surface area contributed by atoms with Gasteiger partial charge in [-0.25, -0.2) is 9.97 Å². The Morgan fingerprint density at radius 1 is 1.06 bits per heavy atom. The number of nitrogens with zero attached hydrogens (tertiary/aromatic N) is 5. The van der Waals surface area contributed by atoms with E-state index in [-0.39, 0.29) is 11.4 Å². The van der Waals surface area contributed by atoms with Crippen LogP contribution < -0.4 is 10.2 Å². The Hall–Kier alpha value is -3.27. The first-order valence-electron chi connectivity index (χ1n) is 9.90. The maximum absolute atomic E-state index is 12.9. The fraction of sp³-hybridized carbons (Fsp3) is 0.333. The molecule has 10 heteroatoms. The van der Waals surface area contributed by atoms with Gasteiger partial charge in [0.05, 0.1) is 11.1 Å². The van der Waals surface area contributed by atoms with Gasteiger partial charge in [-0.2, -0.15) is 13.2 Å². The van der Waals surface area contributed by atoms with Crippen molar-refractivity contribution in [3.63, 3.8) is 0 Å². The molecule has 4 heterocycles. The van der Waals surface area contributed by atoms with E-state index in [0.717, 1.165) is 19.2 Å². The smallest absolute Gasteiger partial charge is 0.353 e. The van der Waals surface area contributed by atoms with Crippen molar-refractivity contribution < 1.29 is 18.0 Å². The van der Waals surface area contributed by atoms with Crippen LogP contribution in [0.3, 0.4) is 0 Å². The fourth-order valence-electron chi connectivity index (χ4n) is 3.56. The van der Waals surface area contributed by atoms with Gasteiger partial charge < -0.3 is 10.2 Å². The van der Waals surface area contributed by atoms with Gasteiger partial charge in [0.2, 0.25) is 0 Å². The van der Waals surface area contributed by atoms with Gasteiger partial charge in [-0.1, -0.05) is 0 Å². The van der Waals surface area contributed by atoms with Crippen LogP contribution >= 0.6 is 0 Å². The summed E-state index contributed by atoms with van der Waals surface area (Å²) in [5.41, 5.74) is -0.104. The number of carbonyl (C=O) groups excluding carboxylic acids is 1. The minimum absolute atomic E-state index is 0.155. The molecule has 0 saturated carbocycles. The van der Waals surface area contributed by atoms with Gasteiger partial charge >= 0.3 is 6.18 Å². The van der Waals surface area contributed by atoms with Crippen LogP contribution in [0.25, 0.3) is 10.9 Å². The van der Waals surface area contributed by atoms with Crippen LogP contribution in [0.15, 0.2) is 48.9 Å². The summed E-state index contributed by atoms with van der Waals surface area (Å²) < 4.78 is 38.8. The summed E-state index contributed by atoms with van der Waals surface area (Å²) in [6, 6.07) is 7.36. The lowest BCUT2D eigenvalue weighted by atomic mass is 10.2. The van der Waals surface area contributed by atoms with Crippen LogP contribution in [-0.4, -0.2) is 65.0 Å². The summed E-state index contributed by atoms with van der Waals surface area (Å²) in [6.45, 7) is 4.11. The average Bonchev–Trinajstić information content (AvgIpc) is 2.79. The molecule has 0 aliphatic carbocycles. The third-order valence-corrected chi connectivity index (χ3v) is 5.19. The van der Waals surface area contributed by atoms with Crippen LogP contribution in [0.2, 0.25) is 0 Å². The molecule has 31 heavy (non-hydrogen) atoms. The van der Waals surface area contributed by atoms with Gasteiger partial charge in [0.25, 0.3) is 5.91 Å². The number of alkyl halides is 3. The van der Waals surface area contributed by atoms with Crippen molar-refractivity contribution in [3.05, 3.63) is 60.2 Å². The van der Waals surface area contributed by atoms with Crippen molar-refractivity contribution in [2.45, 2.75) is 6.18 Å². The number of halogens is 3. The van der Waals surface area contributed by atoms with E-state index in [9.17, 15) is 18.0 Å². The molecule has 0 unspecified atom stereocenters. The predicted octanol–water partition coefficient (Wildman–Crippen LogP) is 2.60. The Kier molecular flexibility index (Phi) is 5.99. The number of rotatable bonds is 5. The fourth-order valence-corrected chi connectivity index (χ4v) is 3.56. The third-order valence-electron chi connectivity index (χ3n) is 5.19. The van der Waals surface area contributed by atoms with Crippen molar-refractivity contribution in [3.8, 4) is 0 Å². The number of piperazine rings is 1. The second-order valence-corrected chi connectivity index (χ2v) is 7.22. The Labute approximate surface area is 176 Å². The molecule has 3 aromatic rings. The van der Waals surface area contributed by atoms with Crippen LogP contribution in [0, 0.1) is 0 Å². The molecule has 0 radical (unpaired) electrons. The monoisotopic (exact) mass is 430 g/mol. The summed E-state index contributed by atoms with van der Waals surface area (Å²) >= 11 is 0. The lowest BCUT2D eigenvalue weighted by molar-refractivity contribution is -0.140.